The Hall–Kier alpha value is -3.22. The first-order chi connectivity index (χ1) is 13.0. The van der Waals surface area contributed by atoms with E-state index in [1.807, 2.05) is 31.2 Å². The van der Waals surface area contributed by atoms with Crippen molar-refractivity contribution in [1.82, 2.24) is 19.2 Å². The van der Waals surface area contributed by atoms with Crippen molar-refractivity contribution in [3.63, 3.8) is 0 Å². The predicted molar refractivity (Wildman–Crippen MR) is 97.9 cm³/mol. The fourth-order valence-electron chi connectivity index (χ4n) is 3.22. The van der Waals surface area contributed by atoms with Crippen molar-refractivity contribution < 1.29 is 9.18 Å². The first-order valence-corrected chi connectivity index (χ1v) is 8.79. The standard InChI is InChI=1S/C20H19FN4O2/c1-14-6-8-15(9-7-14)12-25-20(27)24-11-10-23(19(26)18(24)22-25)13-16-4-2-3-5-17(16)21/h2-9H,10-13H2,1H3. The Morgan fingerprint density at radius 3 is 2.48 bits per heavy atom. The molecule has 1 amide bonds. The van der Waals surface area contributed by atoms with E-state index in [4.69, 9.17) is 0 Å². The monoisotopic (exact) mass is 366 g/mol. The van der Waals surface area contributed by atoms with Crippen molar-refractivity contribution in [2.24, 2.45) is 0 Å². The number of fused-ring (bicyclic) bond motifs is 1. The van der Waals surface area contributed by atoms with E-state index in [1.165, 1.54) is 20.2 Å². The molecule has 0 N–H and O–H groups in total. The molecule has 0 bridgehead atoms. The summed E-state index contributed by atoms with van der Waals surface area (Å²) in [6.07, 6.45) is 0. The third-order valence-electron chi connectivity index (χ3n) is 4.77. The Labute approximate surface area is 155 Å². The largest absolute Gasteiger partial charge is 0.346 e. The molecule has 0 radical (unpaired) electrons. The van der Waals surface area contributed by atoms with Gasteiger partial charge in [0.15, 0.2) is 0 Å². The molecule has 0 saturated heterocycles. The number of amides is 1. The molecule has 0 aliphatic carbocycles. The van der Waals surface area contributed by atoms with Gasteiger partial charge in [-0.1, -0.05) is 48.0 Å². The van der Waals surface area contributed by atoms with E-state index >= 15 is 0 Å². The first kappa shape index (κ1) is 17.2. The van der Waals surface area contributed by atoms with Crippen LogP contribution in [0, 0.1) is 12.7 Å². The molecular formula is C20H19FN4O2. The molecule has 2 heterocycles. The van der Waals surface area contributed by atoms with Crippen molar-refractivity contribution in [3.05, 3.63) is 87.3 Å². The Kier molecular flexibility index (Phi) is 4.35. The molecule has 27 heavy (non-hydrogen) atoms. The number of halogens is 1. The number of aromatic nitrogens is 3. The Morgan fingerprint density at radius 2 is 1.74 bits per heavy atom. The van der Waals surface area contributed by atoms with Crippen LogP contribution in [-0.4, -0.2) is 31.7 Å². The molecule has 6 nitrogen and oxygen atoms in total. The summed E-state index contributed by atoms with van der Waals surface area (Å²) in [7, 11) is 0. The van der Waals surface area contributed by atoms with E-state index in [2.05, 4.69) is 5.10 Å². The smallest absolute Gasteiger partial charge is 0.330 e. The van der Waals surface area contributed by atoms with E-state index < -0.39 is 0 Å². The topological polar surface area (TPSA) is 60.1 Å². The third-order valence-corrected chi connectivity index (χ3v) is 4.77. The van der Waals surface area contributed by atoms with Crippen molar-refractivity contribution in [1.29, 1.82) is 0 Å². The van der Waals surface area contributed by atoms with Crippen molar-refractivity contribution in [3.8, 4) is 0 Å². The van der Waals surface area contributed by atoms with Crippen LogP contribution in [0.1, 0.15) is 27.3 Å². The van der Waals surface area contributed by atoms with Crippen LogP contribution in [-0.2, 0) is 19.6 Å². The third kappa shape index (κ3) is 3.28. The summed E-state index contributed by atoms with van der Waals surface area (Å²) in [5.74, 6) is -0.600. The summed E-state index contributed by atoms with van der Waals surface area (Å²) in [5.41, 5.74) is 2.22. The number of carbonyl (C=O) groups excluding carboxylic acids is 1. The average molecular weight is 366 g/mol. The summed E-state index contributed by atoms with van der Waals surface area (Å²) >= 11 is 0. The number of hydrogen-bond acceptors (Lipinski definition) is 3. The SMILES string of the molecule is Cc1ccc(Cn2nc3n(c2=O)CCN(Cc2ccccc2F)C3=O)cc1. The second-order valence-corrected chi connectivity index (χ2v) is 6.72. The van der Waals surface area contributed by atoms with E-state index in [1.54, 1.807) is 18.2 Å². The average Bonchev–Trinajstić information content (AvgIpc) is 2.98. The van der Waals surface area contributed by atoms with Gasteiger partial charge in [-0.05, 0) is 18.6 Å². The van der Waals surface area contributed by atoms with Gasteiger partial charge in [0.05, 0.1) is 6.54 Å². The highest BCUT2D eigenvalue weighted by atomic mass is 19.1. The maximum Gasteiger partial charge on any atom is 0.346 e. The molecule has 0 spiro atoms. The maximum atomic E-state index is 13.9. The summed E-state index contributed by atoms with van der Waals surface area (Å²) < 4.78 is 16.6. The highest BCUT2D eigenvalue weighted by molar-refractivity contribution is 5.91. The van der Waals surface area contributed by atoms with Gasteiger partial charge >= 0.3 is 5.69 Å². The van der Waals surface area contributed by atoms with Gasteiger partial charge in [-0.3, -0.25) is 9.36 Å². The molecule has 138 valence electrons. The van der Waals surface area contributed by atoms with Gasteiger partial charge in [0.2, 0.25) is 5.82 Å². The lowest BCUT2D eigenvalue weighted by Crippen LogP contribution is -2.42. The number of hydrogen-bond donors (Lipinski definition) is 0. The zero-order valence-electron chi connectivity index (χ0n) is 14.9. The van der Waals surface area contributed by atoms with E-state index in [-0.39, 0.29) is 29.8 Å². The van der Waals surface area contributed by atoms with Gasteiger partial charge in [-0.15, -0.1) is 5.10 Å². The highest BCUT2D eigenvalue weighted by Crippen LogP contribution is 2.15. The normalized spacial score (nSPS) is 13.7. The van der Waals surface area contributed by atoms with Gasteiger partial charge in [0.25, 0.3) is 5.91 Å². The van der Waals surface area contributed by atoms with Crippen molar-refractivity contribution in [2.45, 2.75) is 26.6 Å². The minimum absolute atomic E-state index is 0.106. The molecule has 7 heteroatoms. The van der Waals surface area contributed by atoms with Gasteiger partial charge in [0.1, 0.15) is 5.82 Å². The molecular weight excluding hydrogens is 347 g/mol. The molecule has 1 aliphatic heterocycles. The number of benzene rings is 2. The lowest BCUT2D eigenvalue weighted by atomic mass is 10.1. The molecule has 0 unspecified atom stereocenters. The van der Waals surface area contributed by atoms with Gasteiger partial charge in [-0.25, -0.2) is 13.9 Å². The van der Waals surface area contributed by atoms with Crippen LogP contribution in [0.15, 0.2) is 53.3 Å². The Balaban J connectivity index is 1.58. The zero-order valence-corrected chi connectivity index (χ0v) is 14.9. The van der Waals surface area contributed by atoms with Crippen LogP contribution in [0.25, 0.3) is 0 Å². The zero-order chi connectivity index (χ0) is 19.0. The van der Waals surface area contributed by atoms with Crippen LogP contribution < -0.4 is 5.69 Å². The van der Waals surface area contributed by atoms with Crippen LogP contribution >= 0.6 is 0 Å². The molecule has 4 rings (SSSR count). The first-order valence-electron chi connectivity index (χ1n) is 8.79. The summed E-state index contributed by atoms with van der Waals surface area (Å²) in [6.45, 7) is 3.15. The molecule has 1 aliphatic rings. The molecule has 3 aromatic rings. The number of carbonyl (C=O) groups is 1. The quantitative estimate of drug-likeness (QED) is 0.711. The van der Waals surface area contributed by atoms with Crippen molar-refractivity contribution >= 4 is 5.91 Å². The van der Waals surface area contributed by atoms with Gasteiger partial charge < -0.3 is 4.90 Å². The van der Waals surface area contributed by atoms with E-state index in [0.717, 1.165) is 11.1 Å². The lowest BCUT2D eigenvalue weighted by Gasteiger charge is -2.26. The van der Waals surface area contributed by atoms with Crippen LogP contribution in [0.2, 0.25) is 0 Å². The Bertz CT molecular complexity index is 1050. The highest BCUT2D eigenvalue weighted by Gasteiger charge is 2.30. The van der Waals surface area contributed by atoms with Gasteiger partial charge in [-0.2, -0.15) is 0 Å². The molecule has 0 atom stereocenters. The maximum absolute atomic E-state index is 13.9. The second kappa shape index (κ2) is 6.83. The number of rotatable bonds is 4. The number of nitrogens with zero attached hydrogens (tertiary/aromatic N) is 4. The lowest BCUT2D eigenvalue weighted by molar-refractivity contribution is 0.0679. The van der Waals surface area contributed by atoms with E-state index in [9.17, 15) is 14.0 Å². The van der Waals surface area contributed by atoms with E-state index in [0.29, 0.717) is 25.2 Å². The fraction of sp³-hybridized carbons (Fsp3) is 0.250. The fourth-order valence-corrected chi connectivity index (χ4v) is 3.22. The molecule has 1 aromatic heterocycles. The van der Waals surface area contributed by atoms with Gasteiger partial charge in [0, 0.05) is 25.2 Å². The van der Waals surface area contributed by atoms with Crippen LogP contribution in [0.4, 0.5) is 4.39 Å². The second-order valence-electron chi connectivity index (χ2n) is 6.72. The molecule has 2 aromatic carbocycles. The Morgan fingerprint density at radius 1 is 1.00 bits per heavy atom. The summed E-state index contributed by atoms with van der Waals surface area (Å²) in [4.78, 5) is 26.9. The van der Waals surface area contributed by atoms with Crippen LogP contribution in [0.3, 0.4) is 0 Å². The molecule has 0 saturated carbocycles. The summed E-state index contributed by atoms with van der Waals surface area (Å²) in [5, 5.41) is 4.25. The minimum atomic E-state index is -0.357. The van der Waals surface area contributed by atoms with Crippen molar-refractivity contribution in [2.75, 3.05) is 6.54 Å². The minimum Gasteiger partial charge on any atom is -0.330 e. The predicted octanol–water partition coefficient (Wildman–Crippen LogP) is 2.20. The summed E-state index contributed by atoms with van der Waals surface area (Å²) in [6, 6.07) is 14.2. The van der Waals surface area contributed by atoms with Crippen LogP contribution in [0.5, 0.6) is 0 Å². The molecule has 0 fully saturated rings. The number of aryl methyl sites for hydroxylation is 1.